The average Bonchev–Trinajstić information content (AvgIpc) is 2.18. The van der Waals surface area contributed by atoms with Crippen molar-refractivity contribution in [1.29, 1.82) is 0 Å². The van der Waals surface area contributed by atoms with Crippen molar-refractivity contribution in [2.24, 2.45) is 4.99 Å². The minimum atomic E-state index is -0.210. The number of rotatable bonds is 1. The Hall–Kier alpha value is -1.38. The quantitative estimate of drug-likeness (QED) is 0.621. The Morgan fingerprint density at radius 3 is 3.07 bits per heavy atom. The van der Waals surface area contributed by atoms with E-state index in [-0.39, 0.29) is 11.4 Å². The number of aliphatic imine (C=N–C) groups is 1. The highest BCUT2D eigenvalue weighted by atomic mass is 16.2. The molecule has 1 atom stereocenters. The van der Waals surface area contributed by atoms with Crippen LogP contribution < -0.4 is 0 Å². The summed E-state index contributed by atoms with van der Waals surface area (Å²) >= 11 is 0. The van der Waals surface area contributed by atoms with E-state index >= 15 is 0 Å². The zero-order valence-electron chi connectivity index (χ0n) is 8.53. The van der Waals surface area contributed by atoms with Crippen molar-refractivity contribution in [1.82, 2.24) is 4.90 Å². The molecule has 0 saturated carbocycles. The van der Waals surface area contributed by atoms with Crippen LogP contribution in [0.3, 0.4) is 0 Å². The van der Waals surface area contributed by atoms with Crippen LogP contribution in [0.25, 0.3) is 0 Å². The van der Waals surface area contributed by atoms with Crippen molar-refractivity contribution in [3.05, 3.63) is 24.4 Å². The monoisotopic (exact) mass is 190 g/mol. The molecular formula is C11H14N2O. The van der Waals surface area contributed by atoms with E-state index in [0.29, 0.717) is 6.42 Å². The predicted molar refractivity (Wildman–Crippen MR) is 55.9 cm³/mol. The van der Waals surface area contributed by atoms with Gasteiger partial charge >= 0.3 is 0 Å². The smallest absolute Gasteiger partial charge is 0.234 e. The number of allylic oxidation sites excluding steroid dienone is 2. The van der Waals surface area contributed by atoms with Crippen LogP contribution in [0.1, 0.15) is 26.7 Å². The highest BCUT2D eigenvalue weighted by Crippen LogP contribution is 2.27. The van der Waals surface area contributed by atoms with Crippen LogP contribution >= 0.6 is 0 Å². The maximum Gasteiger partial charge on any atom is 0.234 e. The van der Waals surface area contributed by atoms with E-state index in [4.69, 9.17) is 0 Å². The highest BCUT2D eigenvalue weighted by molar-refractivity contribution is 6.08. The molecule has 0 radical (unpaired) electrons. The largest absolute Gasteiger partial charge is 0.274 e. The first-order chi connectivity index (χ1) is 6.64. The van der Waals surface area contributed by atoms with Gasteiger partial charge in [0.1, 0.15) is 5.84 Å². The molecule has 0 N–H and O–H groups in total. The van der Waals surface area contributed by atoms with Crippen LogP contribution in [0.2, 0.25) is 0 Å². The van der Waals surface area contributed by atoms with Crippen molar-refractivity contribution < 1.29 is 4.79 Å². The van der Waals surface area contributed by atoms with Crippen LogP contribution in [0.15, 0.2) is 29.4 Å². The van der Waals surface area contributed by atoms with Crippen LogP contribution in [0.4, 0.5) is 0 Å². The third kappa shape index (κ3) is 1.39. The Kier molecular flexibility index (Phi) is 2.02. The molecule has 0 spiro atoms. The molecule has 0 aliphatic carbocycles. The fraction of sp³-hybridized carbons (Fsp3) is 0.455. The lowest BCUT2D eigenvalue weighted by molar-refractivity contribution is -0.127. The van der Waals surface area contributed by atoms with Crippen molar-refractivity contribution in [3.8, 4) is 0 Å². The second-order valence-corrected chi connectivity index (χ2v) is 3.96. The molecule has 2 aliphatic heterocycles. The lowest BCUT2D eigenvalue weighted by Crippen LogP contribution is -2.44. The van der Waals surface area contributed by atoms with Gasteiger partial charge in [-0.25, -0.2) is 0 Å². The van der Waals surface area contributed by atoms with Gasteiger partial charge in [-0.05, 0) is 25.5 Å². The molecule has 0 fully saturated rings. The number of carbonyl (C=O) groups is 1. The van der Waals surface area contributed by atoms with Crippen LogP contribution in [0.5, 0.6) is 0 Å². The fourth-order valence-electron chi connectivity index (χ4n) is 1.67. The van der Waals surface area contributed by atoms with Gasteiger partial charge in [-0.2, -0.15) is 0 Å². The fourth-order valence-corrected chi connectivity index (χ4v) is 1.67. The zero-order valence-corrected chi connectivity index (χ0v) is 8.53. The molecule has 1 amide bonds. The summed E-state index contributed by atoms with van der Waals surface area (Å²) in [4.78, 5) is 18.0. The topological polar surface area (TPSA) is 32.7 Å². The van der Waals surface area contributed by atoms with Gasteiger partial charge in [0.15, 0.2) is 0 Å². The van der Waals surface area contributed by atoms with Crippen LogP contribution in [-0.2, 0) is 4.79 Å². The Morgan fingerprint density at radius 2 is 2.36 bits per heavy atom. The van der Waals surface area contributed by atoms with E-state index in [9.17, 15) is 4.79 Å². The van der Waals surface area contributed by atoms with E-state index in [1.165, 1.54) is 0 Å². The highest BCUT2D eigenvalue weighted by Gasteiger charge is 2.34. The van der Waals surface area contributed by atoms with Gasteiger partial charge in [0.25, 0.3) is 0 Å². The van der Waals surface area contributed by atoms with Crippen molar-refractivity contribution >= 4 is 11.7 Å². The molecule has 3 heteroatoms. The predicted octanol–water partition coefficient (Wildman–Crippen LogP) is 1.87. The number of fused-ring (bicyclic) bond motifs is 1. The van der Waals surface area contributed by atoms with E-state index in [1.807, 2.05) is 25.2 Å². The molecule has 0 bridgehead atoms. The summed E-state index contributed by atoms with van der Waals surface area (Å²) in [6.45, 7) is 4.09. The molecule has 0 saturated heterocycles. The summed E-state index contributed by atoms with van der Waals surface area (Å²) < 4.78 is 0. The molecule has 0 aromatic rings. The lowest BCUT2D eigenvalue weighted by atomic mass is 9.92. The van der Waals surface area contributed by atoms with E-state index < -0.39 is 0 Å². The summed E-state index contributed by atoms with van der Waals surface area (Å²) in [5.74, 6) is 0.910. The van der Waals surface area contributed by atoms with Gasteiger partial charge < -0.3 is 0 Å². The summed E-state index contributed by atoms with van der Waals surface area (Å²) in [5.41, 5.74) is -0.210. The van der Waals surface area contributed by atoms with Crippen LogP contribution in [0, 0.1) is 0 Å². The summed E-state index contributed by atoms with van der Waals surface area (Å²) in [5, 5.41) is 0. The third-order valence-corrected chi connectivity index (χ3v) is 2.79. The Balaban J connectivity index is 2.39. The molecule has 2 aliphatic rings. The summed E-state index contributed by atoms with van der Waals surface area (Å²) in [6.07, 6.45) is 8.82. The van der Waals surface area contributed by atoms with Crippen molar-refractivity contribution in [3.63, 3.8) is 0 Å². The van der Waals surface area contributed by atoms with E-state index in [2.05, 4.69) is 11.9 Å². The maximum atomic E-state index is 11.8. The first-order valence-electron chi connectivity index (χ1n) is 4.91. The molecule has 3 nitrogen and oxygen atoms in total. The second-order valence-electron chi connectivity index (χ2n) is 3.96. The number of amides is 1. The first-order valence-corrected chi connectivity index (χ1v) is 4.91. The lowest BCUT2D eigenvalue weighted by Gasteiger charge is -2.34. The maximum absolute atomic E-state index is 11.8. The molecule has 1 unspecified atom stereocenters. The van der Waals surface area contributed by atoms with Crippen molar-refractivity contribution in [2.45, 2.75) is 32.2 Å². The van der Waals surface area contributed by atoms with E-state index in [0.717, 1.165) is 12.3 Å². The van der Waals surface area contributed by atoms with Gasteiger partial charge in [0.2, 0.25) is 5.91 Å². The Bertz CT molecular complexity index is 354. The average molecular weight is 190 g/mol. The number of carbonyl (C=O) groups excluding carboxylic acids is 1. The standard InChI is InChI=1S/C11H14N2O/c1-3-11(2)8-10(14)13-7-5-4-6-9(13)12-11/h4-7H,3,8H2,1-2H3. The zero-order chi connectivity index (χ0) is 10.2. The number of hydrogen-bond acceptors (Lipinski definition) is 2. The van der Waals surface area contributed by atoms with Crippen LogP contribution in [-0.4, -0.2) is 22.2 Å². The minimum Gasteiger partial charge on any atom is -0.274 e. The number of amidine groups is 1. The Labute approximate surface area is 83.8 Å². The number of nitrogens with zero attached hydrogens (tertiary/aromatic N) is 2. The van der Waals surface area contributed by atoms with Gasteiger partial charge in [-0.3, -0.25) is 14.7 Å². The van der Waals surface area contributed by atoms with Crippen molar-refractivity contribution in [2.75, 3.05) is 0 Å². The second kappa shape index (κ2) is 3.08. The third-order valence-electron chi connectivity index (χ3n) is 2.79. The molecule has 14 heavy (non-hydrogen) atoms. The summed E-state index contributed by atoms with van der Waals surface area (Å²) in [7, 11) is 0. The minimum absolute atomic E-state index is 0.139. The SMILES string of the molecule is CCC1(C)CC(=O)N2C=CC=CC2=N1. The molecular weight excluding hydrogens is 176 g/mol. The summed E-state index contributed by atoms with van der Waals surface area (Å²) in [6, 6.07) is 0. The van der Waals surface area contributed by atoms with Gasteiger partial charge in [0.05, 0.1) is 12.0 Å². The normalized spacial score (nSPS) is 30.3. The van der Waals surface area contributed by atoms with Gasteiger partial charge in [0, 0.05) is 6.20 Å². The van der Waals surface area contributed by atoms with Gasteiger partial charge in [-0.15, -0.1) is 0 Å². The molecule has 74 valence electrons. The van der Waals surface area contributed by atoms with Gasteiger partial charge in [-0.1, -0.05) is 13.0 Å². The molecule has 0 aromatic carbocycles. The molecule has 2 heterocycles. The number of hydrogen-bond donors (Lipinski definition) is 0. The molecule has 2 rings (SSSR count). The Morgan fingerprint density at radius 1 is 1.57 bits per heavy atom. The van der Waals surface area contributed by atoms with E-state index in [1.54, 1.807) is 11.1 Å². The first kappa shape index (κ1) is 9.19. The molecule has 0 aromatic heterocycles.